The molecule has 4 aliphatic rings. The summed E-state index contributed by atoms with van der Waals surface area (Å²) in [5.41, 5.74) is 3.80. The zero-order chi connectivity index (χ0) is 16.7. The Hall–Kier alpha value is -1.19. The van der Waals surface area contributed by atoms with Crippen LogP contribution in [0.1, 0.15) is 73.4 Å². The van der Waals surface area contributed by atoms with Crippen LogP contribution < -0.4 is 0 Å². The maximum atomic E-state index is 11.7. The van der Waals surface area contributed by atoms with Gasteiger partial charge in [0, 0.05) is 17.4 Å². The molecule has 3 fully saturated rings. The van der Waals surface area contributed by atoms with Crippen LogP contribution in [-0.4, -0.2) is 28.7 Å². The highest BCUT2D eigenvalue weighted by atomic mass is 16.6. The van der Waals surface area contributed by atoms with Crippen molar-refractivity contribution < 1.29 is 14.6 Å². The molecule has 1 spiro atoms. The van der Waals surface area contributed by atoms with Gasteiger partial charge < -0.3 is 9.84 Å². The molecule has 1 heterocycles. The second kappa shape index (κ2) is 4.70. The molecule has 3 aliphatic carbocycles. The van der Waals surface area contributed by atoms with Crippen LogP contribution >= 0.6 is 0 Å². The molecule has 3 heteroatoms. The molecule has 1 N–H and O–H groups in total. The van der Waals surface area contributed by atoms with Gasteiger partial charge in [0.05, 0.1) is 12.2 Å². The Labute approximate surface area is 143 Å². The molecule has 5 rings (SSSR count). The lowest BCUT2D eigenvalue weighted by Gasteiger charge is -2.54. The number of carbonyl (C=O) groups is 1. The summed E-state index contributed by atoms with van der Waals surface area (Å²) < 4.78 is 6.30. The number of ether oxygens (including phenoxy) is 1. The van der Waals surface area contributed by atoms with Crippen molar-refractivity contribution in [3.05, 3.63) is 34.9 Å². The Bertz CT molecular complexity index is 726. The fourth-order valence-electron chi connectivity index (χ4n) is 6.42. The van der Waals surface area contributed by atoms with Gasteiger partial charge in [0.2, 0.25) is 0 Å². The maximum absolute atomic E-state index is 11.7. The Balaban J connectivity index is 1.54. The largest absolute Gasteiger partial charge is 0.393 e. The zero-order valence-corrected chi connectivity index (χ0v) is 14.5. The van der Waals surface area contributed by atoms with Crippen LogP contribution in [0.3, 0.4) is 0 Å². The third-order valence-corrected chi connectivity index (χ3v) is 7.76. The van der Waals surface area contributed by atoms with Crippen LogP contribution in [0.2, 0.25) is 0 Å². The summed E-state index contributed by atoms with van der Waals surface area (Å²) in [5, 5.41) is 10.2. The Morgan fingerprint density at radius 3 is 2.96 bits per heavy atom. The molecular formula is C21H26O3. The number of Topliss-reactive ketones (excluding diaryl/α,β-unsaturated/α-hetero) is 1. The van der Waals surface area contributed by atoms with Crippen LogP contribution in [0, 0.1) is 11.3 Å². The van der Waals surface area contributed by atoms with Crippen molar-refractivity contribution in [3.63, 3.8) is 0 Å². The van der Waals surface area contributed by atoms with E-state index in [1.807, 2.05) is 6.07 Å². The molecule has 0 amide bonds. The lowest BCUT2D eigenvalue weighted by atomic mass is 9.48. The van der Waals surface area contributed by atoms with Gasteiger partial charge in [-0.3, -0.25) is 4.79 Å². The van der Waals surface area contributed by atoms with E-state index in [0.29, 0.717) is 17.9 Å². The molecule has 1 saturated heterocycles. The number of hydrogen-bond acceptors (Lipinski definition) is 3. The molecular weight excluding hydrogens is 300 g/mol. The number of epoxide rings is 1. The first-order valence-electron chi connectivity index (χ1n) is 9.44. The van der Waals surface area contributed by atoms with Gasteiger partial charge >= 0.3 is 0 Å². The fraction of sp³-hybridized carbons (Fsp3) is 0.667. The number of aliphatic hydroxyl groups is 1. The molecule has 6 atom stereocenters. The summed E-state index contributed by atoms with van der Waals surface area (Å²) in [7, 11) is 0. The molecule has 1 aromatic carbocycles. The van der Waals surface area contributed by atoms with Crippen molar-refractivity contribution in [2.24, 2.45) is 11.3 Å². The third-order valence-electron chi connectivity index (χ3n) is 7.76. The first-order chi connectivity index (χ1) is 11.4. The van der Waals surface area contributed by atoms with Crippen LogP contribution in [0.25, 0.3) is 0 Å². The Morgan fingerprint density at radius 2 is 2.17 bits per heavy atom. The molecule has 24 heavy (non-hydrogen) atoms. The van der Waals surface area contributed by atoms with E-state index in [-0.39, 0.29) is 22.9 Å². The smallest absolute Gasteiger partial charge is 0.159 e. The van der Waals surface area contributed by atoms with Crippen molar-refractivity contribution >= 4 is 5.78 Å². The average molecular weight is 326 g/mol. The molecule has 0 unspecified atom stereocenters. The highest BCUT2D eigenvalue weighted by Gasteiger charge is 2.74. The van der Waals surface area contributed by atoms with Gasteiger partial charge in [-0.1, -0.05) is 19.1 Å². The van der Waals surface area contributed by atoms with Gasteiger partial charge in [-0.15, -0.1) is 0 Å². The number of fused-ring (bicyclic) bond motifs is 4. The van der Waals surface area contributed by atoms with E-state index in [2.05, 4.69) is 19.1 Å². The minimum atomic E-state index is -0.186. The minimum Gasteiger partial charge on any atom is -0.393 e. The Morgan fingerprint density at radius 1 is 1.33 bits per heavy atom. The Kier molecular flexibility index (Phi) is 2.96. The molecule has 1 aromatic rings. The van der Waals surface area contributed by atoms with Crippen LogP contribution in [-0.2, 0) is 11.2 Å². The highest BCUT2D eigenvalue weighted by Crippen LogP contribution is 2.71. The standard InChI is InChI=1S/C21H26O3/c1-12(22)13-3-5-16-14(9-13)4-6-18-17(16)10-19-21(24-19)11-15(23)7-8-20(18,21)2/h3,5,9,15,17-19,23H,4,6-8,10-11H2,1-2H3/t15-,17-,18-,19+,20+,21+/m0/s1. The maximum Gasteiger partial charge on any atom is 0.159 e. The molecule has 2 saturated carbocycles. The van der Waals surface area contributed by atoms with E-state index in [9.17, 15) is 9.90 Å². The fourth-order valence-corrected chi connectivity index (χ4v) is 6.42. The summed E-state index contributed by atoms with van der Waals surface area (Å²) in [6.07, 6.45) is 6.28. The summed E-state index contributed by atoms with van der Waals surface area (Å²) >= 11 is 0. The van der Waals surface area contributed by atoms with Gasteiger partial charge in [-0.25, -0.2) is 0 Å². The van der Waals surface area contributed by atoms with E-state index in [4.69, 9.17) is 4.74 Å². The molecule has 0 aromatic heterocycles. The SMILES string of the molecule is CC(=O)c1ccc2c(c1)CC[C@H]1[C@H]2C[C@H]2O[C@]23C[C@@H](O)CC[C@]13C. The summed E-state index contributed by atoms with van der Waals surface area (Å²) in [6, 6.07) is 6.34. The van der Waals surface area contributed by atoms with Gasteiger partial charge in [0.15, 0.2) is 5.78 Å². The molecule has 1 aliphatic heterocycles. The lowest BCUT2D eigenvalue weighted by Crippen LogP contribution is -2.54. The highest BCUT2D eigenvalue weighted by molar-refractivity contribution is 5.94. The average Bonchev–Trinajstić information content (AvgIpc) is 3.26. The number of benzene rings is 1. The van der Waals surface area contributed by atoms with Crippen molar-refractivity contribution in [1.29, 1.82) is 0 Å². The first kappa shape index (κ1) is 15.1. The van der Waals surface area contributed by atoms with Gasteiger partial charge in [-0.05, 0) is 68.1 Å². The van der Waals surface area contributed by atoms with E-state index >= 15 is 0 Å². The monoisotopic (exact) mass is 326 g/mol. The predicted molar refractivity (Wildman–Crippen MR) is 91.2 cm³/mol. The predicted octanol–water partition coefficient (Wildman–Crippen LogP) is 3.63. The minimum absolute atomic E-state index is 0.0529. The van der Waals surface area contributed by atoms with Gasteiger partial charge in [-0.2, -0.15) is 0 Å². The number of hydrogen-bond donors (Lipinski definition) is 1. The second-order valence-corrected chi connectivity index (χ2v) is 8.77. The molecule has 3 nitrogen and oxygen atoms in total. The number of carbonyl (C=O) groups excluding carboxylic acids is 1. The third kappa shape index (κ3) is 1.78. The lowest BCUT2D eigenvalue weighted by molar-refractivity contribution is -0.0572. The van der Waals surface area contributed by atoms with Crippen LogP contribution in [0.5, 0.6) is 0 Å². The van der Waals surface area contributed by atoms with E-state index < -0.39 is 0 Å². The number of ketones is 1. The topological polar surface area (TPSA) is 49.8 Å². The number of aliphatic hydroxyl groups excluding tert-OH is 1. The second-order valence-electron chi connectivity index (χ2n) is 8.77. The molecule has 128 valence electrons. The first-order valence-corrected chi connectivity index (χ1v) is 9.44. The summed E-state index contributed by atoms with van der Waals surface area (Å²) in [6.45, 7) is 4.07. The summed E-state index contributed by atoms with van der Waals surface area (Å²) in [4.78, 5) is 11.7. The van der Waals surface area contributed by atoms with Gasteiger partial charge in [0.1, 0.15) is 5.60 Å². The van der Waals surface area contributed by atoms with Crippen molar-refractivity contribution in [1.82, 2.24) is 0 Å². The van der Waals surface area contributed by atoms with Crippen LogP contribution in [0.4, 0.5) is 0 Å². The summed E-state index contributed by atoms with van der Waals surface area (Å²) in [5.74, 6) is 1.34. The van der Waals surface area contributed by atoms with Crippen molar-refractivity contribution in [2.45, 2.75) is 76.1 Å². The number of rotatable bonds is 1. The zero-order valence-electron chi connectivity index (χ0n) is 14.5. The molecule has 0 radical (unpaired) electrons. The quantitative estimate of drug-likeness (QED) is 0.633. The molecule has 0 bridgehead atoms. The number of aryl methyl sites for hydroxylation is 1. The van der Waals surface area contributed by atoms with E-state index in [1.165, 1.54) is 17.5 Å². The van der Waals surface area contributed by atoms with Crippen molar-refractivity contribution in [3.8, 4) is 0 Å². The van der Waals surface area contributed by atoms with Crippen LogP contribution in [0.15, 0.2) is 18.2 Å². The normalized spacial score (nSPS) is 45.5. The van der Waals surface area contributed by atoms with E-state index in [0.717, 1.165) is 37.7 Å². The van der Waals surface area contributed by atoms with E-state index in [1.54, 1.807) is 6.92 Å². The van der Waals surface area contributed by atoms with Gasteiger partial charge in [0.25, 0.3) is 0 Å². The van der Waals surface area contributed by atoms with Crippen molar-refractivity contribution in [2.75, 3.05) is 0 Å².